The zero-order valence-corrected chi connectivity index (χ0v) is 3.94. The van der Waals surface area contributed by atoms with Crippen molar-refractivity contribution in [3.05, 3.63) is 0 Å². The Morgan fingerprint density at radius 3 is 2.83 bits per heavy atom. The lowest BCUT2D eigenvalue weighted by Gasteiger charge is -1.90. The van der Waals surface area contributed by atoms with E-state index in [9.17, 15) is 0 Å². The third kappa shape index (κ3) is 0.844. The van der Waals surface area contributed by atoms with Crippen molar-refractivity contribution in [1.29, 1.82) is 0 Å². The van der Waals surface area contributed by atoms with Crippen LogP contribution in [0.2, 0.25) is 0 Å². The second-order valence-corrected chi connectivity index (χ2v) is 1.38. The molecule has 1 fully saturated rings. The van der Waals surface area contributed by atoms with Gasteiger partial charge in [-0.05, 0) is 0 Å². The summed E-state index contributed by atoms with van der Waals surface area (Å²) in [4.78, 5) is 8.78. The van der Waals surface area contributed by atoms with Gasteiger partial charge in [-0.2, -0.15) is 0 Å². The van der Waals surface area contributed by atoms with Crippen LogP contribution in [0.25, 0.3) is 0 Å². The molecule has 1 heterocycles. The molecule has 0 amide bonds. The van der Waals surface area contributed by atoms with Crippen LogP contribution in [0.3, 0.4) is 0 Å². The minimum atomic E-state index is -0.231. The lowest BCUT2D eigenvalue weighted by atomic mass is 11.1. The van der Waals surface area contributed by atoms with Crippen LogP contribution >= 0.6 is 12.6 Å². The first kappa shape index (κ1) is 4.39. The molecule has 3 nitrogen and oxygen atoms in total. The molecule has 0 spiro atoms. The van der Waals surface area contributed by atoms with Crippen LogP contribution < -0.4 is 5.32 Å². The minimum Gasteiger partial charge on any atom is -0.255 e. The van der Waals surface area contributed by atoms with E-state index in [4.69, 9.17) is 0 Å². The maximum absolute atomic E-state index is 4.41. The van der Waals surface area contributed by atoms with Crippen molar-refractivity contribution in [3.8, 4) is 0 Å². The predicted molar refractivity (Wildman–Crippen MR) is 22.9 cm³/mol. The van der Waals surface area contributed by atoms with Gasteiger partial charge in [-0.15, -0.1) is 12.6 Å². The molecule has 0 aromatic rings. The van der Waals surface area contributed by atoms with Crippen LogP contribution in [0, 0.1) is 0 Å². The molecule has 6 heavy (non-hydrogen) atoms. The smallest absolute Gasteiger partial charge is 0.189 e. The van der Waals surface area contributed by atoms with E-state index in [1.54, 1.807) is 0 Å². The highest BCUT2D eigenvalue weighted by Crippen LogP contribution is 1.98. The third-order valence-corrected chi connectivity index (χ3v) is 0.745. The average molecular weight is 107 g/mol. The van der Waals surface area contributed by atoms with E-state index < -0.39 is 0 Å². The molecule has 0 saturated carbocycles. The zero-order chi connectivity index (χ0) is 4.41. The Labute approximate surface area is 41.0 Å². The van der Waals surface area contributed by atoms with Crippen LogP contribution in [0.15, 0.2) is 0 Å². The molecule has 0 radical (unpaired) electrons. The fourth-order valence-electron chi connectivity index (χ4n) is 0.238. The summed E-state index contributed by atoms with van der Waals surface area (Å²) in [6.45, 7) is 0.439. The summed E-state index contributed by atoms with van der Waals surface area (Å²) in [7, 11) is 0. The summed E-state index contributed by atoms with van der Waals surface area (Å²) in [6.07, 6.45) is 0. The minimum absolute atomic E-state index is 0.231. The van der Waals surface area contributed by atoms with Gasteiger partial charge in [-0.3, -0.25) is 5.32 Å². The van der Waals surface area contributed by atoms with Crippen molar-refractivity contribution in [2.45, 2.75) is 5.56 Å². The van der Waals surface area contributed by atoms with E-state index in [0.29, 0.717) is 6.73 Å². The monoisotopic (exact) mass is 107 g/mol. The number of rotatable bonds is 0. The van der Waals surface area contributed by atoms with Gasteiger partial charge in [0.2, 0.25) is 0 Å². The molecule has 1 aliphatic rings. The van der Waals surface area contributed by atoms with E-state index in [2.05, 4.69) is 27.7 Å². The molecule has 0 bridgehead atoms. The zero-order valence-electron chi connectivity index (χ0n) is 3.05. The number of hydrogen-bond donors (Lipinski definition) is 2. The second kappa shape index (κ2) is 1.79. The van der Waals surface area contributed by atoms with E-state index in [-0.39, 0.29) is 5.56 Å². The van der Waals surface area contributed by atoms with Crippen LogP contribution in [0.4, 0.5) is 0 Å². The van der Waals surface area contributed by atoms with Crippen LogP contribution in [0.5, 0.6) is 0 Å². The Kier molecular flexibility index (Phi) is 1.31. The third-order valence-electron chi connectivity index (χ3n) is 0.476. The average Bonchev–Trinajstić information content (AvgIpc) is 1.86. The van der Waals surface area contributed by atoms with E-state index in [1.807, 2.05) is 0 Å². The molecule has 4 heteroatoms. The van der Waals surface area contributed by atoms with Crippen molar-refractivity contribution < 1.29 is 9.78 Å². The molecule has 0 aromatic heterocycles. The summed E-state index contributed by atoms with van der Waals surface area (Å²) in [5.74, 6) is 0. The normalized spacial score (nSPS) is 34.5. The summed E-state index contributed by atoms with van der Waals surface area (Å²) >= 11 is 3.83. The molecule has 1 N–H and O–H groups in total. The molecular formula is C2H5NO2S. The lowest BCUT2D eigenvalue weighted by Crippen LogP contribution is -2.14. The van der Waals surface area contributed by atoms with Crippen molar-refractivity contribution in [2.24, 2.45) is 0 Å². The quantitative estimate of drug-likeness (QED) is 0.329. The molecule has 0 aliphatic carbocycles. The summed E-state index contributed by atoms with van der Waals surface area (Å²) in [5.41, 5.74) is -0.231. The molecule has 0 aromatic carbocycles. The van der Waals surface area contributed by atoms with Gasteiger partial charge in [0.1, 0.15) is 6.73 Å². The summed E-state index contributed by atoms with van der Waals surface area (Å²) in [5, 5.41) is 2.74. The SMILES string of the molecule is SC1NCOO1. The Morgan fingerprint density at radius 1 is 1.83 bits per heavy atom. The number of hydrogen-bond acceptors (Lipinski definition) is 4. The maximum atomic E-state index is 4.41. The largest absolute Gasteiger partial charge is 0.255 e. The second-order valence-electron chi connectivity index (χ2n) is 0.915. The Bertz CT molecular complexity index is 44.8. The summed E-state index contributed by atoms with van der Waals surface area (Å²) < 4.78 is 0. The first-order valence-electron chi connectivity index (χ1n) is 1.59. The van der Waals surface area contributed by atoms with Crippen molar-refractivity contribution in [2.75, 3.05) is 6.73 Å². The van der Waals surface area contributed by atoms with Gasteiger partial charge in [0, 0.05) is 0 Å². The van der Waals surface area contributed by atoms with Gasteiger partial charge in [-0.1, -0.05) is 0 Å². The van der Waals surface area contributed by atoms with Crippen molar-refractivity contribution in [3.63, 3.8) is 0 Å². The van der Waals surface area contributed by atoms with Crippen LogP contribution in [-0.2, 0) is 9.78 Å². The van der Waals surface area contributed by atoms with Gasteiger partial charge in [0.25, 0.3) is 0 Å². The van der Waals surface area contributed by atoms with Gasteiger partial charge in [0.15, 0.2) is 5.56 Å². The Hall–Kier alpha value is 0.230. The molecule has 1 saturated heterocycles. The molecule has 1 rings (SSSR count). The first-order valence-corrected chi connectivity index (χ1v) is 2.11. The molecule has 1 aliphatic heterocycles. The van der Waals surface area contributed by atoms with Crippen LogP contribution in [-0.4, -0.2) is 12.3 Å². The van der Waals surface area contributed by atoms with Gasteiger partial charge < -0.3 is 0 Å². The summed E-state index contributed by atoms with van der Waals surface area (Å²) in [6, 6.07) is 0. The number of nitrogens with one attached hydrogen (secondary N) is 1. The lowest BCUT2D eigenvalue weighted by molar-refractivity contribution is -0.256. The van der Waals surface area contributed by atoms with Crippen molar-refractivity contribution >= 4 is 12.6 Å². The first-order chi connectivity index (χ1) is 2.89. The van der Waals surface area contributed by atoms with Crippen LogP contribution in [0.1, 0.15) is 0 Å². The van der Waals surface area contributed by atoms with E-state index in [1.165, 1.54) is 0 Å². The molecule has 1 unspecified atom stereocenters. The highest BCUT2D eigenvalue weighted by molar-refractivity contribution is 7.80. The molecule has 36 valence electrons. The van der Waals surface area contributed by atoms with Gasteiger partial charge >= 0.3 is 0 Å². The van der Waals surface area contributed by atoms with Gasteiger partial charge in [-0.25, -0.2) is 9.78 Å². The Morgan fingerprint density at radius 2 is 2.67 bits per heavy atom. The highest BCUT2D eigenvalue weighted by atomic mass is 32.1. The standard InChI is InChI=1S/C2H5NO2S/c6-2-3-1-4-5-2/h2-3,6H,1H2. The molecular weight excluding hydrogens is 102 g/mol. The van der Waals surface area contributed by atoms with E-state index in [0.717, 1.165) is 0 Å². The maximum Gasteiger partial charge on any atom is 0.189 e. The number of thiol groups is 1. The van der Waals surface area contributed by atoms with Crippen molar-refractivity contribution in [1.82, 2.24) is 5.32 Å². The van der Waals surface area contributed by atoms with Gasteiger partial charge in [0.05, 0.1) is 0 Å². The fourth-order valence-corrected chi connectivity index (χ4v) is 0.373. The Balaban J connectivity index is 2.18. The highest BCUT2D eigenvalue weighted by Gasteiger charge is 2.08. The van der Waals surface area contributed by atoms with E-state index >= 15 is 0 Å². The fraction of sp³-hybridized carbons (Fsp3) is 1.00. The topological polar surface area (TPSA) is 30.5 Å². The predicted octanol–water partition coefficient (Wildman–Crippen LogP) is -0.291. The molecule has 1 atom stereocenters.